The molecule has 0 saturated carbocycles. The van der Waals surface area contributed by atoms with Crippen molar-refractivity contribution in [3.8, 4) is 5.75 Å². The average molecular weight is 203 g/mol. The minimum Gasteiger partial charge on any atom is -0.493 e. The molecule has 0 heterocycles. The van der Waals surface area contributed by atoms with E-state index in [1.807, 2.05) is 0 Å². The Balaban J connectivity index is 3.35. The monoisotopic (exact) mass is 202 g/mol. The molecule has 0 fully saturated rings. The lowest BCUT2D eigenvalue weighted by Crippen LogP contribution is -1.99. The summed E-state index contributed by atoms with van der Waals surface area (Å²) in [4.78, 5) is 9.84. The number of nitro benzene ring substituents is 1. The Morgan fingerprint density at radius 3 is 2.69 bits per heavy atom. The van der Waals surface area contributed by atoms with Crippen LogP contribution in [0, 0.1) is 10.1 Å². The van der Waals surface area contributed by atoms with Crippen LogP contribution in [0.1, 0.15) is 0 Å². The van der Waals surface area contributed by atoms with Crippen molar-refractivity contribution in [3.63, 3.8) is 0 Å². The number of nitrogen functional groups attached to an aromatic ring is 1. The minimum absolute atomic E-state index is 0.0556. The van der Waals surface area contributed by atoms with Gasteiger partial charge < -0.3 is 10.5 Å². The fourth-order valence-electron chi connectivity index (χ4n) is 0.929. The summed E-state index contributed by atoms with van der Waals surface area (Å²) >= 11 is 5.68. The van der Waals surface area contributed by atoms with Crippen LogP contribution in [0.15, 0.2) is 12.1 Å². The molecule has 0 aromatic heterocycles. The number of halogens is 1. The van der Waals surface area contributed by atoms with E-state index in [1.54, 1.807) is 0 Å². The van der Waals surface area contributed by atoms with E-state index in [2.05, 4.69) is 0 Å². The highest BCUT2D eigenvalue weighted by molar-refractivity contribution is 6.32. The molecular formula is C7H7ClN2O3. The van der Waals surface area contributed by atoms with Gasteiger partial charge in [0.05, 0.1) is 17.1 Å². The fourth-order valence-corrected chi connectivity index (χ4v) is 1.17. The van der Waals surface area contributed by atoms with Crippen molar-refractivity contribution < 1.29 is 9.66 Å². The zero-order valence-electron chi connectivity index (χ0n) is 6.78. The van der Waals surface area contributed by atoms with Crippen LogP contribution in [0.25, 0.3) is 0 Å². The first-order chi connectivity index (χ1) is 6.07. The molecule has 2 N–H and O–H groups in total. The van der Waals surface area contributed by atoms with Crippen LogP contribution in [-0.2, 0) is 0 Å². The predicted molar refractivity (Wildman–Crippen MR) is 49.1 cm³/mol. The highest BCUT2D eigenvalue weighted by Crippen LogP contribution is 2.37. The van der Waals surface area contributed by atoms with Crippen LogP contribution in [0.5, 0.6) is 5.75 Å². The van der Waals surface area contributed by atoms with E-state index in [0.29, 0.717) is 0 Å². The van der Waals surface area contributed by atoms with Gasteiger partial charge in [-0.15, -0.1) is 0 Å². The van der Waals surface area contributed by atoms with E-state index in [4.69, 9.17) is 22.1 Å². The van der Waals surface area contributed by atoms with Gasteiger partial charge in [0.2, 0.25) is 0 Å². The van der Waals surface area contributed by atoms with Crippen LogP contribution >= 0.6 is 11.6 Å². The molecule has 0 aliphatic heterocycles. The van der Waals surface area contributed by atoms with Crippen molar-refractivity contribution in [2.24, 2.45) is 0 Å². The number of ether oxygens (including phenoxy) is 1. The first kappa shape index (κ1) is 9.60. The van der Waals surface area contributed by atoms with Gasteiger partial charge in [-0.1, -0.05) is 11.6 Å². The number of nitrogens with two attached hydrogens (primary N) is 1. The summed E-state index contributed by atoms with van der Waals surface area (Å²) in [6.45, 7) is 0. The summed E-state index contributed by atoms with van der Waals surface area (Å²) < 4.78 is 4.81. The van der Waals surface area contributed by atoms with Crippen molar-refractivity contribution in [1.82, 2.24) is 0 Å². The molecular weight excluding hydrogens is 196 g/mol. The molecule has 0 aliphatic rings. The summed E-state index contributed by atoms with van der Waals surface area (Å²) in [7, 11) is 1.35. The largest absolute Gasteiger partial charge is 0.493 e. The normalized spacial score (nSPS) is 9.69. The maximum atomic E-state index is 10.4. The smallest absolute Gasteiger partial charge is 0.296 e. The Morgan fingerprint density at radius 1 is 1.62 bits per heavy atom. The highest BCUT2D eigenvalue weighted by Gasteiger charge is 2.17. The molecule has 5 nitrogen and oxygen atoms in total. The number of anilines is 1. The minimum atomic E-state index is -0.589. The van der Waals surface area contributed by atoms with Gasteiger partial charge >= 0.3 is 0 Å². The van der Waals surface area contributed by atoms with E-state index in [9.17, 15) is 10.1 Å². The van der Waals surface area contributed by atoms with Crippen LogP contribution in [-0.4, -0.2) is 12.0 Å². The maximum absolute atomic E-state index is 10.4. The van der Waals surface area contributed by atoms with Crippen LogP contribution in [0.4, 0.5) is 11.4 Å². The summed E-state index contributed by atoms with van der Waals surface area (Å²) in [6, 6.07) is 2.61. The van der Waals surface area contributed by atoms with Gasteiger partial charge in [-0.3, -0.25) is 10.1 Å². The summed E-state index contributed by atoms with van der Waals surface area (Å²) in [5, 5.41) is 10.7. The van der Waals surface area contributed by atoms with Crippen LogP contribution < -0.4 is 10.5 Å². The van der Waals surface area contributed by atoms with E-state index >= 15 is 0 Å². The lowest BCUT2D eigenvalue weighted by atomic mass is 10.2. The van der Waals surface area contributed by atoms with Crippen molar-refractivity contribution >= 4 is 23.0 Å². The number of nitro groups is 1. The van der Waals surface area contributed by atoms with E-state index in [1.165, 1.54) is 19.2 Å². The Kier molecular flexibility index (Phi) is 2.57. The topological polar surface area (TPSA) is 78.4 Å². The third-order valence-electron chi connectivity index (χ3n) is 1.53. The van der Waals surface area contributed by atoms with Crippen molar-refractivity contribution in [1.29, 1.82) is 0 Å². The molecule has 70 valence electrons. The molecule has 1 aromatic rings. The van der Waals surface area contributed by atoms with Gasteiger partial charge in [-0.2, -0.15) is 0 Å². The third kappa shape index (κ3) is 1.65. The summed E-state index contributed by atoms with van der Waals surface area (Å²) in [5.41, 5.74) is 5.18. The molecule has 1 aromatic carbocycles. The number of hydrogen-bond donors (Lipinski definition) is 1. The number of benzene rings is 1. The molecule has 1 rings (SSSR count). The third-order valence-corrected chi connectivity index (χ3v) is 1.82. The standard InChI is InChI=1S/C7H7ClN2O3/c1-13-7-4(8)2-3-5(6(7)9)10(11)12/h2-3H,9H2,1H3. The molecule has 0 aliphatic carbocycles. The molecule has 0 spiro atoms. The van der Waals surface area contributed by atoms with Crippen molar-refractivity contribution in [2.45, 2.75) is 0 Å². The molecule has 6 heteroatoms. The van der Waals surface area contributed by atoms with Gasteiger partial charge in [-0.25, -0.2) is 0 Å². The lowest BCUT2D eigenvalue weighted by Gasteiger charge is -2.05. The van der Waals surface area contributed by atoms with E-state index < -0.39 is 4.92 Å². The first-order valence-electron chi connectivity index (χ1n) is 3.34. The fraction of sp³-hybridized carbons (Fsp3) is 0.143. The second-order valence-corrected chi connectivity index (χ2v) is 2.68. The Labute approximate surface area is 79.2 Å². The van der Waals surface area contributed by atoms with E-state index in [-0.39, 0.29) is 22.1 Å². The highest BCUT2D eigenvalue weighted by atomic mass is 35.5. The van der Waals surface area contributed by atoms with Crippen molar-refractivity contribution in [3.05, 3.63) is 27.3 Å². The predicted octanol–water partition coefficient (Wildman–Crippen LogP) is 1.84. The second kappa shape index (κ2) is 3.49. The molecule has 0 saturated heterocycles. The number of methoxy groups -OCH3 is 1. The van der Waals surface area contributed by atoms with Gasteiger partial charge in [-0.05, 0) is 6.07 Å². The molecule has 13 heavy (non-hydrogen) atoms. The van der Waals surface area contributed by atoms with Crippen LogP contribution in [0.2, 0.25) is 5.02 Å². The van der Waals surface area contributed by atoms with Gasteiger partial charge in [0.25, 0.3) is 5.69 Å². The zero-order valence-corrected chi connectivity index (χ0v) is 7.54. The number of rotatable bonds is 2. The quantitative estimate of drug-likeness (QED) is 0.451. The zero-order chi connectivity index (χ0) is 10.0. The molecule has 0 unspecified atom stereocenters. The molecule has 0 amide bonds. The second-order valence-electron chi connectivity index (χ2n) is 2.27. The van der Waals surface area contributed by atoms with Crippen molar-refractivity contribution in [2.75, 3.05) is 12.8 Å². The molecule has 0 radical (unpaired) electrons. The average Bonchev–Trinajstić information content (AvgIpc) is 2.04. The van der Waals surface area contributed by atoms with Gasteiger partial charge in [0.15, 0.2) is 11.4 Å². The number of nitrogens with zero attached hydrogens (tertiary/aromatic N) is 1. The Bertz CT molecular complexity index is 354. The summed E-state index contributed by atoms with van der Waals surface area (Å²) in [6.07, 6.45) is 0. The number of hydrogen-bond acceptors (Lipinski definition) is 4. The lowest BCUT2D eigenvalue weighted by molar-refractivity contribution is -0.383. The molecule has 0 bridgehead atoms. The van der Waals surface area contributed by atoms with E-state index in [0.717, 1.165) is 0 Å². The van der Waals surface area contributed by atoms with Crippen LogP contribution in [0.3, 0.4) is 0 Å². The van der Waals surface area contributed by atoms with Gasteiger partial charge in [0.1, 0.15) is 0 Å². The van der Waals surface area contributed by atoms with Gasteiger partial charge in [0, 0.05) is 6.07 Å². The Hall–Kier alpha value is -1.49. The molecule has 0 atom stereocenters. The maximum Gasteiger partial charge on any atom is 0.296 e. The first-order valence-corrected chi connectivity index (χ1v) is 3.72. The Morgan fingerprint density at radius 2 is 2.23 bits per heavy atom. The summed E-state index contributed by atoms with van der Waals surface area (Å²) in [5.74, 6) is 0.135. The SMILES string of the molecule is COc1c(Cl)ccc([N+](=O)[O-])c1N.